The highest BCUT2D eigenvalue weighted by atomic mass is 14.1. The van der Waals surface area contributed by atoms with Crippen molar-refractivity contribution in [2.24, 2.45) is 0 Å². The van der Waals surface area contributed by atoms with E-state index in [0.29, 0.717) is 5.92 Å². The summed E-state index contributed by atoms with van der Waals surface area (Å²) in [7, 11) is 0. The van der Waals surface area contributed by atoms with Crippen molar-refractivity contribution in [1.29, 1.82) is 0 Å². The Morgan fingerprint density at radius 3 is 1.66 bits per heavy atom. The van der Waals surface area contributed by atoms with Crippen LogP contribution >= 0.6 is 0 Å². The molecule has 1 atom stereocenters. The first-order valence-corrected chi connectivity index (χ1v) is 12.6. The SMILES string of the molecule is C#Cc1ccc(C(CCC)CCCC/C(C)=C/C)cc1.C=C(C)C.C=C(C)C.CC.CC. The van der Waals surface area contributed by atoms with E-state index in [1.165, 1.54) is 60.8 Å². The number of benzene rings is 1. The summed E-state index contributed by atoms with van der Waals surface area (Å²) in [5.74, 6) is 3.38. The van der Waals surface area contributed by atoms with Gasteiger partial charge < -0.3 is 0 Å². The zero-order valence-corrected chi connectivity index (χ0v) is 23.7. The second kappa shape index (κ2) is 29.0. The van der Waals surface area contributed by atoms with E-state index in [0.717, 1.165) is 5.56 Å². The van der Waals surface area contributed by atoms with Gasteiger partial charge in [0.2, 0.25) is 0 Å². The molecule has 0 aliphatic carbocycles. The molecular weight excluding hydrogens is 384 g/mol. The second-order valence-electron chi connectivity index (χ2n) is 8.05. The average molecular weight is 441 g/mol. The standard InChI is InChI=1S/C20H28.2C4H8.2C2H6/c1-5-10-19(12-9-8-11-17(4)6-2)20-15-13-18(7-3)14-16-20;2*1-4(2)3;2*1-2/h3,6,13-16,19H,5,8-12H2,1-2,4H3;2*1H2,2-3H3;2*1-2H3/b17-6+;;;;. The van der Waals surface area contributed by atoms with Gasteiger partial charge >= 0.3 is 0 Å². The van der Waals surface area contributed by atoms with Crippen LogP contribution < -0.4 is 0 Å². The molecule has 0 bridgehead atoms. The molecule has 0 aliphatic rings. The fourth-order valence-electron chi connectivity index (χ4n) is 2.62. The third-order valence-corrected chi connectivity index (χ3v) is 4.05. The average Bonchev–Trinajstić information content (AvgIpc) is 2.77. The van der Waals surface area contributed by atoms with Gasteiger partial charge in [0.15, 0.2) is 0 Å². The van der Waals surface area contributed by atoms with Crippen molar-refractivity contribution >= 4 is 0 Å². The highest BCUT2D eigenvalue weighted by Gasteiger charge is 2.10. The van der Waals surface area contributed by atoms with E-state index in [2.05, 4.69) is 70.2 Å². The van der Waals surface area contributed by atoms with Crippen LogP contribution in [-0.4, -0.2) is 0 Å². The van der Waals surface area contributed by atoms with Crippen LogP contribution in [0, 0.1) is 12.3 Å². The fourth-order valence-corrected chi connectivity index (χ4v) is 2.62. The maximum Gasteiger partial charge on any atom is 0.0242 e. The maximum atomic E-state index is 5.42. The molecule has 1 aromatic carbocycles. The predicted octanol–water partition coefficient (Wildman–Crippen LogP) is 11.3. The molecule has 0 spiro atoms. The third kappa shape index (κ3) is 30.2. The van der Waals surface area contributed by atoms with Crippen LogP contribution in [0.3, 0.4) is 0 Å². The molecule has 0 radical (unpaired) electrons. The lowest BCUT2D eigenvalue weighted by Gasteiger charge is -2.17. The summed E-state index contributed by atoms with van der Waals surface area (Å²) in [6.07, 6.45) is 15.3. The van der Waals surface area contributed by atoms with Gasteiger partial charge in [-0.25, -0.2) is 0 Å². The van der Waals surface area contributed by atoms with E-state index >= 15 is 0 Å². The lowest BCUT2D eigenvalue weighted by molar-refractivity contribution is 0.531. The van der Waals surface area contributed by atoms with E-state index in [1.54, 1.807) is 0 Å². The molecule has 0 nitrogen and oxygen atoms in total. The first kappa shape index (κ1) is 37.3. The van der Waals surface area contributed by atoms with Crippen molar-refractivity contribution in [2.45, 2.75) is 121 Å². The molecule has 0 fully saturated rings. The van der Waals surface area contributed by atoms with Gasteiger partial charge in [0.25, 0.3) is 0 Å². The Balaban J connectivity index is -0.000000273. The van der Waals surface area contributed by atoms with E-state index in [1.807, 2.05) is 55.4 Å². The van der Waals surface area contributed by atoms with Crippen molar-refractivity contribution in [3.8, 4) is 12.3 Å². The van der Waals surface area contributed by atoms with E-state index < -0.39 is 0 Å². The van der Waals surface area contributed by atoms with Crippen LogP contribution in [-0.2, 0) is 0 Å². The monoisotopic (exact) mass is 440 g/mol. The lowest BCUT2D eigenvalue weighted by atomic mass is 9.88. The quantitative estimate of drug-likeness (QED) is 0.214. The molecule has 32 heavy (non-hydrogen) atoms. The topological polar surface area (TPSA) is 0 Å². The summed E-state index contributed by atoms with van der Waals surface area (Å²) in [4.78, 5) is 0. The van der Waals surface area contributed by atoms with Gasteiger partial charge in [-0.15, -0.1) is 19.6 Å². The molecule has 0 heteroatoms. The number of allylic oxidation sites excluding steroid dienone is 4. The van der Waals surface area contributed by atoms with E-state index in [4.69, 9.17) is 6.42 Å². The Morgan fingerprint density at radius 2 is 1.31 bits per heavy atom. The van der Waals surface area contributed by atoms with Crippen molar-refractivity contribution in [2.75, 3.05) is 0 Å². The van der Waals surface area contributed by atoms with Gasteiger partial charge in [-0.3, -0.25) is 0 Å². The molecule has 1 unspecified atom stereocenters. The Labute approximate surface area is 204 Å². The minimum Gasteiger partial charge on any atom is -0.115 e. The first-order chi connectivity index (χ1) is 15.2. The summed E-state index contributed by atoms with van der Waals surface area (Å²) in [5, 5.41) is 0. The van der Waals surface area contributed by atoms with Crippen LogP contribution in [0.4, 0.5) is 0 Å². The molecule has 184 valence electrons. The molecule has 1 aromatic rings. The first-order valence-electron chi connectivity index (χ1n) is 12.6. The van der Waals surface area contributed by atoms with Crippen molar-refractivity contribution in [3.63, 3.8) is 0 Å². The van der Waals surface area contributed by atoms with Crippen molar-refractivity contribution in [3.05, 3.63) is 71.3 Å². The zero-order valence-electron chi connectivity index (χ0n) is 23.7. The normalized spacial score (nSPS) is 10.1. The van der Waals surface area contributed by atoms with Gasteiger partial charge in [0, 0.05) is 5.56 Å². The molecule has 0 saturated heterocycles. The molecule has 0 aliphatic heterocycles. The van der Waals surface area contributed by atoms with Crippen LogP contribution in [0.2, 0.25) is 0 Å². The van der Waals surface area contributed by atoms with Gasteiger partial charge in [-0.2, -0.15) is 0 Å². The molecule has 0 aromatic heterocycles. The number of unbranched alkanes of at least 4 members (excludes halogenated alkanes) is 1. The molecule has 0 N–H and O–H groups in total. The van der Waals surface area contributed by atoms with Crippen molar-refractivity contribution < 1.29 is 0 Å². The van der Waals surface area contributed by atoms with E-state index in [9.17, 15) is 0 Å². The molecule has 1 rings (SSSR count). The smallest absolute Gasteiger partial charge is 0.0242 e. The van der Waals surface area contributed by atoms with Gasteiger partial charge in [0.1, 0.15) is 0 Å². The number of rotatable bonds is 8. The summed E-state index contributed by atoms with van der Waals surface area (Å²) in [6, 6.07) is 8.57. The van der Waals surface area contributed by atoms with Crippen LogP contribution in [0.25, 0.3) is 0 Å². The molecule has 0 heterocycles. The lowest BCUT2D eigenvalue weighted by Crippen LogP contribution is -1.99. The summed E-state index contributed by atoms with van der Waals surface area (Å²) >= 11 is 0. The number of hydrogen-bond acceptors (Lipinski definition) is 0. The molecular formula is C32H56. The fraction of sp³-hybridized carbons (Fsp3) is 0.562. The van der Waals surface area contributed by atoms with Crippen LogP contribution in [0.5, 0.6) is 0 Å². The van der Waals surface area contributed by atoms with Crippen molar-refractivity contribution in [1.82, 2.24) is 0 Å². The number of hydrogen-bond donors (Lipinski definition) is 0. The minimum absolute atomic E-state index is 0.692. The Bertz CT molecular complexity index is 584. The largest absolute Gasteiger partial charge is 0.115 e. The predicted molar refractivity (Wildman–Crippen MR) is 154 cm³/mol. The molecule has 0 amide bonds. The molecule has 0 saturated carbocycles. The Hall–Kier alpha value is -2.00. The second-order valence-corrected chi connectivity index (χ2v) is 8.05. The summed E-state index contributed by atoms with van der Waals surface area (Å²) in [6.45, 7) is 29.6. The Kier molecular flexibility index (Phi) is 33.8. The van der Waals surface area contributed by atoms with Crippen LogP contribution in [0.1, 0.15) is 132 Å². The minimum atomic E-state index is 0.692. The highest BCUT2D eigenvalue weighted by Crippen LogP contribution is 2.27. The summed E-state index contributed by atoms with van der Waals surface area (Å²) in [5.41, 5.74) is 6.27. The zero-order chi connectivity index (χ0) is 25.9. The Morgan fingerprint density at radius 1 is 0.875 bits per heavy atom. The maximum absolute atomic E-state index is 5.42. The van der Waals surface area contributed by atoms with Crippen LogP contribution in [0.15, 0.2) is 60.2 Å². The van der Waals surface area contributed by atoms with E-state index in [-0.39, 0.29) is 0 Å². The van der Waals surface area contributed by atoms with Gasteiger partial charge in [0.05, 0.1) is 0 Å². The third-order valence-electron chi connectivity index (χ3n) is 4.05. The number of terminal acetylenes is 1. The van der Waals surface area contributed by atoms with Gasteiger partial charge in [-0.05, 0) is 90.8 Å². The summed E-state index contributed by atoms with van der Waals surface area (Å²) < 4.78 is 0. The highest BCUT2D eigenvalue weighted by molar-refractivity contribution is 5.35. The van der Waals surface area contributed by atoms with Gasteiger partial charge in [-0.1, -0.05) is 88.3 Å².